The van der Waals surface area contributed by atoms with Crippen molar-refractivity contribution in [1.29, 1.82) is 0 Å². The zero-order chi connectivity index (χ0) is 18.7. The molecular formula is C18H22ClF2N3O2. The Balaban J connectivity index is 1.50. The molecule has 2 fully saturated rings. The molecule has 1 aromatic carbocycles. The molecule has 0 bridgehead atoms. The Morgan fingerprint density at radius 2 is 1.88 bits per heavy atom. The van der Waals surface area contributed by atoms with Crippen LogP contribution < -0.4 is 10.2 Å². The summed E-state index contributed by atoms with van der Waals surface area (Å²) in [6.45, 7) is 1.23. The van der Waals surface area contributed by atoms with Gasteiger partial charge in [0.15, 0.2) is 0 Å². The summed E-state index contributed by atoms with van der Waals surface area (Å²) in [5.41, 5.74) is 0.731. The summed E-state index contributed by atoms with van der Waals surface area (Å²) in [6.07, 6.45) is -0.844. The Labute approximate surface area is 156 Å². The van der Waals surface area contributed by atoms with Gasteiger partial charge < -0.3 is 10.2 Å². The maximum atomic E-state index is 12.5. The predicted molar refractivity (Wildman–Crippen MR) is 95.5 cm³/mol. The van der Waals surface area contributed by atoms with Crippen LogP contribution in [0.2, 0.25) is 5.02 Å². The summed E-state index contributed by atoms with van der Waals surface area (Å²) in [6, 6.07) is 6.93. The van der Waals surface area contributed by atoms with E-state index >= 15 is 0 Å². The van der Waals surface area contributed by atoms with E-state index in [1.807, 2.05) is 0 Å². The molecule has 3 rings (SSSR count). The molecule has 1 N–H and O–H groups in total. The number of nitrogens with one attached hydrogen (secondary N) is 1. The molecule has 0 spiro atoms. The molecule has 1 atom stereocenters. The van der Waals surface area contributed by atoms with Crippen LogP contribution in [0.25, 0.3) is 0 Å². The lowest BCUT2D eigenvalue weighted by atomic mass is 10.0. The monoisotopic (exact) mass is 385 g/mol. The Morgan fingerprint density at radius 1 is 1.23 bits per heavy atom. The highest BCUT2D eigenvalue weighted by molar-refractivity contribution is 6.30. The van der Waals surface area contributed by atoms with Gasteiger partial charge in [0, 0.05) is 42.8 Å². The molecule has 0 aromatic heterocycles. The van der Waals surface area contributed by atoms with Gasteiger partial charge in [0.05, 0.1) is 12.5 Å². The van der Waals surface area contributed by atoms with Gasteiger partial charge in [0.25, 0.3) is 6.43 Å². The Kier molecular flexibility index (Phi) is 6.09. The number of rotatable bonds is 5. The quantitative estimate of drug-likeness (QED) is 0.847. The first kappa shape index (κ1) is 19.0. The number of anilines is 1. The molecule has 0 aliphatic carbocycles. The van der Waals surface area contributed by atoms with Crippen molar-refractivity contribution in [2.24, 2.45) is 5.92 Å². The number of carbonyl (C=O) groups is 2. The van der Waals surface area contributed by atoms with Crippen molar-refractivity contribution < 1.29 is 18.4 Å². The first-order valence-corrected chi connectivity index (χ1v) is 9.17. The molecule has 5 nitrogen and oxygen atoms in total. The maximum absolute atomic E-state index is 12.5. The van der Waals surface area contributed by atoms with Gasteiger partial charge in [-0.1, -0.05) is 11.6 Å². The van der Waals surface area contributed by atoms with Crippen LogP contribution in [-0.4, -0.2) is 55.4 Å². The smallest absolute Gasteiger partial charge is 0.251 e. The summed E-state index contributed by atoms with van der Waals surface area (Å²) in [7, 11) is 0. The van der Waals surface area contributed by atoms with Crippen LogP contribution in [0.15, 0.2) is 24.3 Å². The second-order valence-electron chi connectivity index (χ2n) is 6.86. The fourth-order valence-electron chi connectivity index (χ4n) is 3.53. The number of alkyl halides is 2. The summed E-state index contributed by atoms with van der Waals surface area (Å²) >= 11 is 5.87. The summed E-state index contributed by atoms with van der Waals surface area (Å²) in [5, 5.41) is 3.57. The molecule has 142 valence electrons. The second kappa shape index (κ2) is 8.31. The van der Waals surface area contributed by atoms with Crippen molar-refractivity contribution in [3.8, 4) is 0 Å². The van der Waals surface area contributed by atoms with Crippen molar-refractivity contribution in [3.05, 3.63) is 29.3 Å². The number of hydrogen-bond acceptors (Lipinski definition) is 3. The largest absolute Gasteiger partial charge is 0.353 e. The molecule has 2 heterocycles. The molecule has 0 saturated carbocycles. The third-order valence-electron chi connectivity index (χ3n) is 4.96. The van der Waals surface area contributed by atoms with Crippen molar-refractivity contribution in [2.75, 3.05) is 31.1 Å². The highest BCUT2D eigenvalue weighted by atomic mass is 35.5. The van der Waals surface area contributed by atoms with Crippen LogP contribution in [0.1, 0.15) is 19.3 Å². The number of amides is 2. The molecule has 2 aliphatic rings. The SMILES string of the molecule is O=C(NC1CCN(CC(F)F)CC1)C1CC(=O)N(c2ccc(Cl)cc2)C1. The predicted octanol–water partition coefficient (Wildman–Crippen LogP) is 2.54. The number of carbonyl (C=O) groups excluding carboxylic acids is 2. The van der Waals surface area contributed by atoms with Gasteiger partial charge in [-0.2, -0.15) is 0 Å². The van der Waals surface area contributed by atoms with Crippen molar-refractivity contribution in [1.82, 2.24) is 10.2 Å². The second-order valence-corrected chi connectivity index (χ2v) is 7.29. The third-order valence-corrected chi connectivity index (χ3v) is 5.22. The van der Waals surface area contributed by atoms with Crippen molar-refractivity contribution in [3.63, 3.8) is 0 Å². The zero-order valence-electron chi connectivity index (χ0n) is 14.3. The molecule has 1 aromatic rings. The summed E-state index contributed by atoms with van der Waals surface area (Å²) in [4.78, 5) is 28.1. The van der Waals surface area contributed by atoms with Gasteiger partial charge in [-0.3, -0.25) is 14.5 Å². The highest BCUT2D eigenvalue weighted by Crippen LogP contribution is 2.26. The molecule has 2 amide bonds. The summed E-state index contributed by atoms with van der Waals surface area (Å²) < 4.78 is 24.8. The first-order chi connectivity index (χ1) is 12.4. The number of nitrogens with zero attached hydrogens (tertiary/aromatic N) is 2. The standard InChI is InChI=1S/C18H22ClF2N3O2/c19-13-1-3-15(4-2-13)24-10-12(9-17(24)25)18(26)22-14-5-7-23(8-6-14)11-16(20)21/h1-4,12,14,16H,5-11H2,(H,22,26). The number of hydrogen-bond donors (Lipinski definition) is 1. The van der Waals surface area contributed by atoms with E-state index in [4.69, 9.17) is 11.6 Å². The minimum atomic E-state index is -2.33. The minimum absolute atomic E-state index is 0.0175. The van der Waals surface area contributed by atoms with Gasteiger partial charge in [-0.15, -0.1) is 0 Å². The molecule has 26 heavy (non-hydrogen) atoms. The molecule has 8 heteroatoms. The number of halogens is 3. The van der Waals surface area contributed by atoms with Crippen molar-refractivity contribution >= 4 is 29.1 Å². The summed E-state index contributed by atoms with van der Waals surface area (Å²) in [5.74, 6) is -0.612. The van der Waals surface area contributed by atoms with E-state index in [-0.39, 0.29) is 30.8 Å². The number of likely N-dealkylation sites (tertiary alicyclic amines) is 1. The van der Waals surface area contributed by atoms with E-state index in [9.17, 15) is 18.4 Å². The van der Waals surface area contributed by atoms with E-state index in [0.29, 0.717) is 37.5 Å². The van der Waals surface area contributed by atoms with Crippen LogP contribution in [-0.2, 0) is 9.59 Å². The number of piperidine rings is 1. The zero-order valence-corrected chi connectivity index (χ0v) is 15.1. The van der Waals surface area contributed by atoms with E-state index < -0.39 is 12.3 Å². The van der Waals surface area contributed by atoms with Gasteiger partial charge in [-0.25, -0.2) is 8.78 Å². The number of benzene rings is 1. The third kappa shape index (κ3) is 4.71. The average Bonchev–Trinajstić information content (AvgIpc) is 2.99. The van der Waals surface area contributed by atoms with Gasteiger partial charge in [0.1, 0.15) is 0 Å². The van der Waals surface area contributed by atoms with Gasteiger partial charge >= 0.3 is 0 Å². The first-order valence-electron chi connectivity index (χ1n) is 8.79. The molecule has 2 saturated heterocycles. The lowest BCUT2D eigenvalue weighted by molar-refractivity contribution is -0.127. The van der Waals surface area contributed by atoms with Crippen molar-refractivity contribution in [2.45, 2.75) is 31.7 Å². The van der Waals surface area contributed by atoms with Crippen LogP contribution >= 0.6 is 11.6 Å². The van der Waals surface area contributed by atoms with E-state index in [2.05, 4.69) is 5.32 Å². The van der Waals surface area contributed by atoms with Gasteiger partial charge in [-0.05, 0) is 37.1 Å². The fraction of sp³-hybridized carbons (Fsp3) is 0.556. The topological polar surface area (TPSA) is 52.7 Å². The Hall–Kier alpha value is -1.73. The van der Waals surface area contributed by atoms with Crippen LogP contribution in [0.4, 0.5) is 14.5 Å². The van der Waals surface area contributed by atoms with Gasteiger partial charge in [0.2, 0.25) is 11.8 Å². The Bertz CT molecular complexity index is 648. The average molecular weight is 386 g/mol. The van der Waals surface area contributed by atoms with Crippen LogP contribution in [0.3, 0.4) is 0 Å². The van der Waals surface area contributed by atoms with Crippen LogP contribution in [0, 0.1) is 5.92 Å². The Morgan fingerprint density at radius 3 is 2.50 bits per heavy atom. The lowest BCUT2D eigenvalue weighted by Crippen LogP contribution is -2.47. The lowest BCUT2D eigenvalue weighted by Gasteiger charge is -2.32. The van der Waals surface area contributed by atoms with E-state index in [1.54, 1.807) is 34.1 Å². The fourth-order valence-corrected chi connectivity index (χ4v) is 3.65. The minimum Gasteiger partial charge on any atom is -0.353 e. The van der Waals surface area contributed by atoms with E-state index in [0.717, 1.165) is 5.69 Å². The van der Waals surface area contributed by atoms with E-state index in [1.165, 1.54) is 0 Å². The molecule has 2 aliphatic heterocycles. The highest BCUT2D eigenvalue weighted by Gasteiger charge is 2.36. The maximum Gasteiger partial charge on any atom is 0.251 e. The van der Waals surface area contributed by atoms with Crippen LogP contribution in [0.5, 0.6) is 0 Å². The molecule has 0 radical (unpaired) electrons. The normalized spacial score (nSPS) is 22.2. The molecular weight excluding hydrogens is 364 g/mol. The molecule has 1 unspecified atom stereocenters.